The average Bonchev–Trinajstić information content (AvgIpc) is 2.36. The van der Waals surface area contributed by atoms with Crippen molar-refractivity contribution in [3.63, 3.8) is 0 Å². The number of fused-ring (bicyclic) bond motifs is 1. The number of nitrogens with zero attached hydrogens (tertiary/aromatic N) is 2. The Morgan fingerprint density at radius 1 is 1.53 bits per heavy atom. The first-order chi connectivity index (χ1) is 8.15. The lowest BCUT2D eigenvalue weighted by Crippen LogP contribution is -2.35. The van der Waals surface area contributed by atoms with E-state index in [0.29, 0.717) is 18.7 Å². The molecule has 5 nitrogen and oxygen atoms in total. The van der Waals surface area contributed by atoms with E-state index in [1.54, 1.807) is 17.9 Å². The summed E-state index contributed by atoms with van der Waals surface area (Å²) in [5.41, 5.74) is 1.42. The predicted molar refractivity (Wildman–Crippen MR) is 64.1 cm³/mol. The van der Waals surface area contributed by atoms with Crippen LogP contribution in [0.5, 0.6) is 0 Å². The summed E-state index contributed by atoms with van der Waals surface area (Å²) in [4.78, 5) is 23.9. The fourth-order valence-corrected chi connectivity index (χ4v) is 2.22. The molecule has 0 spiro atoms. The van der Waals surface area contributed by atoms with E-state index >= 15 is 0 Å². The zero-order chi connectivity index (χ0) is 12.4. The molecule has 0 N–H and O–H groups in total. The summed E-state index contributed by atoms with van der Waals surface area (Å²) in [5, 5.41) is 11.0. The highest BCUT2D eigenvalue weighted by molar-refractivity contribution is 5.96. The number of nitro benzene ring substituents is 1. The van der Waals surface area contributed by atoms with Crippen molar-refractivity contribution in [3.05, 3.63) is 33.9 Å². The third-order valence-electron chi connectivity index (χ3n) is 3.00. The number of carbonyl (C=O) groups is 1. The van der Waals surface area contributed by atoms with Gasteiger partial charge in [0.2, 0.25) is 5.91 Å². The van der Waals surface area contributed by atoms with Crippen LogP contribution in [0.15, 0.2) is 18.2 Å². The van der Waals surface area contributed by atoms with Gasteiger partial charge in [-0.05, 0) is 18.4 Å². The first-order valence-corrected chi connectivity index (χ1v) is 5.71. The molecule has 1 aliphatic rings. The quantitative estimate of drug-likeness (QED) is 0.582. The van der Waals surface area contributed by atoms with Crippen LogP contribution in [0, 0.1) is 10.1 Å². The van der Waals surface area contributed by atoms with Gasteiger partial charge in [0, 0.05) is 19.0 Å². The van der Waals surface area contributed by atoms with Crippen LogP contribution in [0.2, 0.25) is 0 Å². The zero-order valence-corrected chi connectivity index (χ0v) is 9.68. The number of amides is 1. The Morgan fingerprint density at radius 2 is 2.29 bits per heavy atom. The first-order valence-electron chi connectivity index (χ1n) is 5.71. The molecule has 0 fully saturated rings. The van der Waals surface area contributed by atoms with Crippen molar-refractivity contribution >= 4 is 17.3 Å². The number of hydrogen-bond acceptors (Lipinski definition) is 3. The van der Waals surface area contributed by atoms with Gasteiger partial charge in [-0.1, -0.05) is 19.1 Å². The van der Waals surface area contributed by atoms with Crippen LogP contribution in [-0.2, 0) is 11.2 Å². The number of aryl methyl sites for hydroxylation is 1. The maximum absolute atomic E-state index is 11.8. The Labute approximate surface area is 99.2 Å². The van der Waals surface area contributed by atoms with Gasteiger partial charge in [-0.3, -0.25) is 14.9 Å². The standard InChI is InChI=1S/C12H14N2O3/c1-2-11(15)13-8-4-6-9-5-3-7-10(12(9)13)14(16)17/h3,5,7H,2,4,6,8H2,1H3. The number of hydrogen-bond donors (Lipinski definition) is 0. The van der Waals surface area contributed by atoms with E-state index in [9.17, 15) is 14.9 Å². The second kappa shape index (κ2) is 4.53. The van der Waals surface area contributed by atoms with E-state index in [1.165, 1.54) is 6.07 Å². The van der Waals surface area contributed by atoms with Crippen molar-refractivity contribution in [3.8, 4) is 0 Å². The van der Waals surface area contributed by atoms with Gasteiger partial charge in [-0.2, -0.15) is 0 Å². The van der Waals surface area contributed by atoms with Gasteiger partial charge < -0.3 is 4.90 Å². The first kappa shape index (κ1) is 11.6. The van der Waals surface area contributed by atoms with Gasteiger partial charge >= 0.3 is 0 Å². The Bertz CT molecular complexity index is 471. The molecule has 1 heterocycles. The van der Waals surface area contributed by atoms with Gasteiger partial charge in [-0.25, -0.2) is 0 Å². The summed E-state index contributed by atoms with van der Waals surface area (Å²) in [5.74, 6) is -0.0553. The van der Waals surface area contributed by atoms with Gasteiger partial charge in [0.05, 0.1) is 4.92 Å². The molecule has 17 heavy (non-hydrogen) atoms. The molecule has 0 saturated carbocycles. The molecule has 2 rings (SSSR count). The Hall–Kier alpha value is -1.91. The number of anilines is 1. The lowest BCUT2D eigenvalue weighted by atomic mass is 10.00. The lowest BCUT2D eigenvalue weighted by molar-refractivity contribution is -0.384. The SMILES string of the molecule is CCC(=O)N1CCCc2cccc([N+](=O)[O-])c21. The fourth-order valence-electron chi connectivity index (χ4n) is 2.22. The molecular weight excluding hydrogens is 220 g/mol. The predicted octanol–water partition coefficient (Wildman–Crippen LogP) is 2.28. The fraction of sp³-hybridized carbons (Fsp3) is 0.417. The molecule has 0 saturated heterocycles. The van der Waals surface area contributed by atoms with E-state index in [0.717, 1.165) is 18.4 Å². The second-order valence-electron chi connectivity index (χ2n) is 4.04. The van der Waals surface area contributed by atoms with E-state index in [1.807, 2.05) is 6.07 Å². The average molecular weight is 234 g/mol. The van der Waals surface area contributed by atoms with Crippen molar-refractivity contribution in [1.82, 2.24) is 0 Å². The molecule has 0 aliphatic carbocycles. The van der Waals surface area contributed by atoms with Crippen LogP contribution in [0.1, 0.15) is 25.3 Å². The minimum Gasteiger partial charge on any atom is -0.306 e. The van der Waals surface area contributed by atoms with Crippen molar-refractivity contribution < 1.29 is 9.72 Å². The molecule has 90 valence electrons. The highest BCUT2D eigenvalue weighted by Crippen LogP contribution is 2.36. The Balaban J connectivity index is 2.54. The van der Waals surface area contributed by atoms with E-state index in [-0.39, 0.29) is 11.6 Å². The highest BCUT2D eigenvalue weighted by Gasteiger charge is 2.28. The van der Waals surface area contributed by atoms with E-state index in [2.05, 4.69) is 0 Å². The minimum atomic E-state index is -0.417. The van der Waals surface area contributed by atoms with Gasteiger partial charge in [0.25, 0.3) is 5.69 Å². The zero-order valence-electron chi connectivity index (χ0n) is 9.68. The molecule has 0 bridgehead atoms. The summed E-state index contributed by atoms with van der Waals surface area (Å²) in [6.45, 7) is 2.34. The summed E-state index contributed by atoms with van der Waals surface area (Å²) < 4.78 is 0. The van der Waals surface area contributed by atoms with Gasteiger partial charge in [-0.15, -0.1) is 0 Å². The normalized spacial score (nSPS) is 14.3. The highest BCUT2D eigenvalue weighted by atomic mass is 16.6. The van der Waals surface area contributed by atoms with Crippen LogP contribution in [0.4, 0.5) is 11.4 Å². The number of para-hydroxylation sites is 1. The maximum atomic E-state index is 11.8. The van der Waals surface area contributed by atoms with E-state index in [4.69, 9.17) is 0 Å². The largest absolute Gasteiger partial charge is 0.306 e. The van der Waals surface area contributed by atoms with Crippen LogP contribution in [-0.4, -0.2) is 17.4 Å². The van der Waals surface area contributed by atoms with Gasteiger partial charge in [0.1, 0.15) is 5.69 Å². The maximum Gasteiger partial charge on any atom is 0.293 e. The molecule has 1 aliphatic heterocycles. The molecule has 0 aromatic heterocycles. The third-order valence-corrected chi connectivity index (χ3v) is 3.00. The molecule has 5 heteroatoms. The number of rotatable bonds is 2. The molecule has 0 radical (unpaired) electrons. The van der Waals surface area contributed by atoms with Crippen molar-refractivity contribution in [2.45, 2.75) is 26.2 Å². The molecule has 1 aromatic rings. The lowest BCUT2D eigenvalue weighted by Gasteiger charge is -2.28. The van der Waals surface area contributed by atoms with Crippen molar-refractivity contribution in [2.24, 2.45) is 0 Å². The number of nitro groups is 1. The molecule has 0 unspecified atom stereocenters. The minimum absolute atomic E-state index is 0.0315. The van der Waals surface area contributed by atoms with E-state index < -0.39 is 4.92 Å². The van der Waals surface area contributed by atoms with Gasteiger partial charge in [0.15, 0.2) is 0 Å². The topological polar surface area (TPSA) is 63.5 Å². The summed E-state index contributed by atoms with van der Waals surface area (Å²) in [7, 11) is 0. The van der Waals surface area contributed by atoms with Crippen LogP contribution in [0.25, 0.3) is 0 Å². The van der Waals surface area contributed by atoms with Crippen LogP contribution < -0.4 is 4.90 Å². The third kappa shape index (κ3) is 2.00. The Kier molecular flexibility index (Phi) is 3.08. The summed E-state index contributed by atoms with van der Waals surface area (Å²) >= 11 is 0. The molecule has 0 atom stereocenters. The smallest absolute Gasteiger partial charge is 0.293 e. The monoisotopic (exact) mass is 234 g/mol. The van der Waals surface area contributed by atoms with Crippen LogP contribution in [0.3, 0.4) is 0 Å². The Morgan fingerprint density at radius 3 is 2.94 bits per heavy atom. The number of carbonyl (C=O) groups excluding carboxylic acids is 1. The van der Waals surface area contributed by atoms with Crippen LogP contribution >= 0.6 is 0 Å². The summed E-state index contributed by atoms with van der Waals surface area (Å²) in [6, 6.07) is 4.99. The summed E-state index contributed by atoms with van der Waals surface area (Å²) in [6.07, 6.45) is 2.02. The van der Waals surface area contributed by atoms with Crippen molar-refractivity contribution in [2.75, 3.05) is 11.4 Å². The molecule has 1 aromatic carbocycles. The van der Waals surface area contributed by atoms with Crippen molar-refractivity contribution in [1.29, 1.82) is 0 Å². The molecule has 1 amide bonds. The second-order valence-corrected chi connectivity index (χ2v) is 4.04. The molecular formula is C12H14N2O3. The number of benzene rings is 1.